The van der Waals surface area contributed by atoms with Gasteiger partial charge in [-0.1, -0.05) is 6.07 Å². The normalized spacial score (nSPS) is 11.2. The van der Waals surface area contributed by atoms with Crippen molar-refractivity contribution in [2.24, 2.45) is 0 Å². The van der Waals surface area contributed by atoms with E-state index < -0.39 is 0 Å². The number of hydrogen-bond acceptors (Lipinski definition) is 4. The van der Waals surface area contributed by atoms with Crippen LogP contribution in [0.4, 0.5) is 0 Å². The number of likely N-dealkylation sites (N-methyl/N-ethyl adjacent to an activating group) is 1. The molecule has 0 fully saturated rings. The maximum absolute atomic E-state index is 12.0. The predicted octanol–water partition coefficient (Wildman–Crippen LogP) is 3.11. The molecular weight excluding hydrogens is 326 g/mol. The highest BCUT2D eigenvalue weighted by Gasteiger charge is 2.13. The number of hydrogen-bond donors (Lipinski definition) is 1. The lowest BCUT2D eigenvalue weighted by Gasteiger charge is -2.11. The summed E-state index contributed by atoms with van der Waals surface area (Å²) in [6.07, 6.45) is 2.11. The first-order valence-electron chi connectivity index (χ1n) is 8.43. The number of fused-ring (bicyclic) bond motifs is 2. The second kappa shape index (κ2) is 6.22. The lowest BCUT2D eigenvalue weighted by Crippen LogP contribution is -2.23. The number of carbonyl (C=O) groups excluding carboxylic acids is 1. The molecule has 0 saturated carbocycles. The van der Waals surface area contributed by atoms with Crippen LogP contribution in [0.15, 0.2) is 42.6 Å². The lowest BCUT2D eigenvalue weighted by molar-refractivity contribution is -0.127. The van der Waals surface area contributed by atoms with Crippen LogP contribution in [0.1, 0.15) is 11.1 Å². The first kappa shape index (κ1) is 16.2. The van der Waals surface area contributed by atoms with Gasteiger partial charge in [-0.05, 0) is 48.4 Å². The van der Waals surface area contributed by atoms with Crippen LogP contribution in [0.5, 0.6) is 0 Å². The number of rotatable bonds is 3. The van der Waals surface area contributed by atoms with E-state index in [1.807, 2.05) is 30.3 Å². The van der Waals surface area contributed by atoms with Gasteiger partial charge in [-0.2, -0.15) is 5.10 Å². The number of benzene rings is 1. The van der Waals surface area contributed by atoms with Crippen molar-refractivity contribution in [3.05, 3.63) is 53.7 Å². The second-order valence-corrected chi connectivity index (χ2v) is 6.61. The quantitative estimate of drug-likeness (QED) is 0.619. The van der Waals surface area contributed by atoms with Crippen LogP contribution >= 0.6 is 0 Å². The maximum Gasteiger partial charge on any atom is 0.226 e. The summed E-state index contributed by atoms with van der Waals surface area (Å²) in [7, 11) is 3.54. The van der Waals surface area contributed by atoms with Gasteiger partial charge in [0.2, 0.25) is 5.91 Å². The number of aromatic amines is 1. The Labute approximate surface area is 150 Å². The average Bonchev–Trinajstić information content (AvgIpc) is 3.06. The van der Waals surface area contributed by atoms with Crippen LogP contribution in [-0.4, -0.2) is 45.1 Å². The Morgan fingerprint density at radius 1 is 1.15 bits per heavy atom. The number of aryl methyl sites for hydroxylation is 1. The first-order valence-corrected chi connectivity index (χ1v) is 8.43. The lowest BCUT2D eigenvalue weighted by atomic mass is 10.0. The van der Waals surface area contributed by atoms with E-state index in [0.717, 1.165) is 38.8 Å². The highest BCUT2D eigenvalue weighted by Crippen LogP contribution is 2.28. The molecule has 1 aromatic carbocycles. The fourth-order valence-electron chi connectivity index (χ4n) is 3.06. The van der Waals surface area contributed by atoms with E-state index >= 15 is 0 Å². The van der Waals surface area contributed by atoms with Gasteiger partial charge < -0.3 is 4.90 Å². The van der Waals surface area contributed by atoms with Crippen LogP contribution in [-0.2, 0) is 11.2 Å². The summed E-state index contributed by atoms with van der Waals surface area (Å²) < 4.78 is 0. The van der Waals surface area contributed by atoms with E-state index in [0.29, 0.717) is 12.1 Å². The third-order valence-corrected chi connectivity index (χ3v) is 4.52. The molecule has 0 atom stereocenters. The molecule has 0 saturated heterocycles. The predicted molar refractivity (Wildman–Crippen MR) is 102 cm³/mol. The van der Waals surface area contributed by atoms with Crippen LogP contribution in [0, 0.1) is 6.92 Å². The van der Waals surface area contributed by atoms with Crippen LogP contribution in [0.2, 0.25) is 0 Å². The van der Waals surface area contributed by atoms with Gasteiger partial charge in [0.15, 0.2) is 5.65 Å². The van der Waals surface area contributed by atoms with Gasteiger partial charge in [0.1, 0.15) is 0 Å². The minimum absolute atomic E-state index is 0.0861. The summed E-state index contributed by atoms with van der Waals surface area (Å²) in [4.78, 5) is 22.6. The zero-order valence-corrected chi connectivity index (χ0v) is 14.9. The summed E-state index contributed by atoms with van der Waals surface area (Å²) in [5, 5.41) is 9.30. The largest absolute Gasteiger partial charge is 0.349 e. The standard InChI is InChI=1S/C20H19N5O/c1-12-9-17(19-14-5-4-8-21-20(14)24-23-19)22-16-7-6-13(10-15(12)16)11-18(26)25(2)3/h4-10H,11H2,1-3H3,(H,21,23,24). The topological polar surface area (TPSA) is 74.8 Å². The third kappa shape index (κ3) is 2.79. The van der Waals surface area contributed by atoms with Crippen molar-refractivity contribution in [3.63, 3.8) is 0 Å². The minimum atomic E-state index is 0.0861. The van der Waals surface area contributed by atoms with E-state index in [1.165, 1.54) is 0 Å². The van der Waals surface area contributed by atoms with Gasteiger partial charge in [-0.25, -0.2) is 9.97 Å². The molecule has 1 N–H and O–H groups in total. The molecule has 1 amide bonds. The van der Waals surface area contributed by atoms with E-state index in [9.17, 15) is 4.79 Å². The van der Waals surface area contributed by atoms with Crippen molar-refractivity contribution >= 4 is 27.8 Å². The average molecular weight is 345 g/mol. The summed E-state index contributed by atoms with van der Waals surface area (Å²) >= 11 is 0. The zero-order chi connectivity index (χ0) is 18.3. The molecule has 26 heavy (non-hydrogen) atoms. The van der Waals surface area contributed by atoms with E-state index in [1.54, 1.807) is 25.2 Å². The Bertz CT molecular complexity index is 1130. The van der Waals surface area contributed by atoms with Crippen molar-refractivity contribution in [2.75, 3.05) is 14.1 Å². The fraction of sp³-hybridized carbons (Fsp3) is 0.200. The number of amides is 1. The minimum Gasteiger partial charge on any atom is -0.349 e. The summed E-state index contributed by atoms with van der Waals surface area (Å²) in [5.74, 6) is 0.0861. The van der Waals surface area contributed by atoms with Crippen molar-refractivity contribution in [1.29, 1.82) is 0 Å². The Hall–Kier alpha value is -3.28. The molecule has 0 aliphatic heterocycles. The number of H-pyrrole nitrogens is 1. The molecule has 0 aliphatic rings. The van der Waals surface area contributed by atoms with Crippen LogP contribution in [0.25, 0.3) is 33.3 Å². The Kier molecular flexibility index (Phi) is 3.88. The molecule has 6 nitrogen and oxygen atoms in total. The molecule has 0 unspecified atom stereocenters. The van der Waals surface area contributed by atoms with Gasteiger partial charge in [-0.3, -0.25) is 9.89 Å². The number of pyridine rings is 2. The fourth-order valence-corrected chi connectivity index (χ4v) is 3.06. The summed E-state index contributed by atoms with van der Waals surface area (Å²) in [6, 6.07) is 11.9. The number of carbonyl (C=O) groups is 1. The van der Waals surface area contributed by atoms with Gasteiger partial charge in [0.05, 0.1) is 23.3 Å². The van der Waals surface area contributed by atoms with E-state index in [2.05, 4.69) is 28.2 Å². The number of nitrogens with zero attached hydrogens (tertiary/aromatic N) is 4. The Balaban J connectivity index is 1.79. The maximum atomic E-state index is 12.0. The van der Waals surface area contributed by atoms with Crippen LogP contribution in [0.3, 0.4) is 0 Å². The molecule has 0 aliphatic carbocycles. The van der Waals surface area contributed by atoms with Gasteiger partial charge in [-0.15, -0.1) is 0 Å². The molecule has 6 heteroatoms. The van der Waals surface area contributed by atoms with Gasteiger partial charge in [0, 0.05) is 31.1 Å². The Morgan fingerprint density at radius 3 is 2.81 bits per heavy atom. The molecule has 4 rings (SSSR count). The smallest absolute Gasteiger partial charge is 0.226 e. The number of aromatic nitrogens is 4. The zero-order valence-electron chi connectivity index (χ0n) is 14.9. The van der Waals surface area contributed by atoms with Crippen molar-refractivity contribution in [1.82, 2.24) is 25.1 Å². The molecule has 0 radical (unpaired) electrons. The Morgan fingerprint density at radius 2 is 2.00 bits per heavy atom. The highest BCUT2D eigenvalue weighted by atomic mass is 16.2. The molecule has 130 valence electrons. The van der Waals surface area contributed by atoms with Gasteiger partial charge in [0.25, 0.3) is 0 Å². The second-order valence-electron chi connectivity index (χ2n) is 6.61. The molecule has 3 aromatic heterocycles. The summed E-state index contributed by atoms with van der Waals surface area (Å²) in [6.45, 7) is 2.06. The van der Waals surface area contributed by atoms with Crippen molar-refractivity contribution in [2.45, 2.75) is 13.3 Å². The number of nitrogens with one attached hydrogen (secondary N) is 1. The monoisotopic (exact) mass is 345 g/mol. The van der Waals surface area contributed by atoms with E-state index in [-0.39, 0.29) is 5.91 Å². The van der Waals surface area contributed by atoms with Gasteiger partial charge >= 0.3 is 0 Å². The SMILES string of the molecule is Cc1cc(-c2[nH]nc3ncccc23)nc2ccc(CC(=O)N(C)C)cc12. The summed E-state index contributed by atoms with van der Waals surface area (Å²) in [5.41, 5.74) is 5.38. The molecular formula is C20H19N5O. The van der Waals surface area contributed by atoms with E-state index in [4.69, 9.17) is 4.98 Å². The van der Waals surface area contributed by atoms with Crippen molar-refractivity contribution < 1.29 is 4.79 Å². The molecule has 3 heterocycles. The third-order valence-electron chi connectivity index (χ3n) is 4.52. The van der Waals surface area contributed by atoms with Crippen LogP contribution < -0.4 is 0 Å². The first-order chi connectivity index (χ1) is 12.5. The highest BCUT2D eigenvalue weighted by molar-refractivity contribution is 5.93. The molecule has 4 aromatic rings. The molecule has 0 bridgehead atoms. The van der Waals surface area contributed by atoms with Crippen molar-refractivity contribution in [3.8, 4) is 11.4 Å². The molecule has 0 spiro atoms.